The van der Waals surface area contributed by atoms with Gasteiger partial charge in [-0.2, -0.15) is 4.31 Å². The van der Waals surface area contributed by atoms with Gasteiger partial charge in [-0.15, -0.1) is 11.3 Å². The number of thiophene rings is 1. The number of nitrogens with two attached hydrogens (primary N) is 1. The van der Waals surface area contributed by atoms with Gasteiger partial charge in [-0.05, 0) is 29.1 Å². The smallest absolute Gasteiger partial charge is 0.244 e. The Kier molecular flexibility index (Phi) is 4.82. The summed E-state index contributed by atoms with van der Waals surface area (Å²) in [6.45, 7) is 0.595. The summed E-state index contributed by atoms with van der Waals surface area (Å²) in [5.74, 6) is 0. The van der Waals surface area contributed by atoms with Crippen molar-refractivity contribution in [3.8, 4) is 0 Å². The van der Waals surface area contributed by atoms with Crippen molar-refractivity contribution in [2.75, 3.05) is 7.05 Å². The Hall–Kier alpha value is -0.920. The van der Waals surface area contributed by atoms with Crippen LogP contribution in [0.25, 0.3) is 0 Å². The first-order valence-electron chi connectivity index (χ1n) is 5.92. The summed E-state index contributed by atoms with van der Waals surface area (Å²) in [5, 5.41) is 2.12. The van der Waals surface area contributed by atoms with Crippen LogP contribution in [0.2, 0.25) is 5.02 Å². The van der Waals surface area contributed by atoms with Gasteiger partial charge >= 0.3 is 0 Å². The zero-order chi connectivity index (χ0) is 14.8. The van der Waals surface area contributed by atoms with Crippen LogP contribution in [0.4, 0.5) is 0 Å². The van der Waals surface area contributed by atoms with Gasteiger partial charge in [0.05, 0.1) is 5.02 Å². The highest BCUT2D eigenvalue weighted by Gasteiger charge is 2.24. The first-order chi connectivity index (χ1) is 9.45. The molecule has 0 aliphatic rings. The van der Waals surface area contributed by atoms with E-state index in [4.69, 9.17) is 17.3 Å². The lowest BCUT2D eigenvalue weighted by molar-refractivity contribution is 0.469. The van der Waals surface area contributed by atoms with Gasteiger partial charge < -0.3 is 5.73 Å². The van der Waals surface area contributed by atoms with Crippen molar-refractivity contribution < 1.29 is 8.42 Å². The lowest BCUT2D eigenvalue weighted by atomic mass is 10.2. The van der Waals surface area contributed by atoms with Crippen LogP contribution in [0.1, 0.15) is 10.4 Å². The minimum atomic E-state index is -3.63. The monoisotopic (exact) mass is 330 g/mol. The van der Waals surface area contributed by atoms with E-state index >= 15 is 0 Å². The van der Waals surface area contributed by atoms with Gasteiger partial charge in [0.2, 0.25) is 10.0 Å². The molecule has 0 unspecified atom stereocenters. The van der Waals surface area contributed by atoms with E-state index in [-0.39, 0.29) is 16.5 Å². The number of hydrogen-bond acceptors (Lipinski definition) is 4. The number of benzene rings is 1. The van der Waals surface area contributed by atoms with Crippen molar-refractivity contribution in [2.24, 2.45) is 5.73 Å². The summed E-state index contributed by atoms with van der Waals surface area (Å²) in [5.41, 5.74) is 6.28. The third kappa shape index (κ3) is 3.21. The van der Waals surface area contributed by atoms with Gasteiger partial charge in [0.15, 0.2) is 0 Å². The fourth-order valence-corrected chi connectivity index (χ4v) is 4.26. The van der Waals surface area contributed by atoms with Crippen molar-refractivity contribution in [2.45, 2.75) is 18.0 Å². The van der Waals surface area contributed by atoms with Crippen LogP contribution in [-0.2, 0) is 23.1 Å². The molecule has 0 saturated heterocycles. The van der Waals surface area contributed by atoms with Gasteiger partial charge in [-0.3, -0.25) is 0 Å². The molecule has 1 aromatic carbocycles. The van der Waals surface area contributed by atoms with Gasteiger partial charge in [0, 0.05) is 25.0 Å². The lowest BCUT2D eigenvalue weighted by Gasteiger charge is -2.17. The molecule has 108 valence electrons. The molecular weight excluding hydrogens is 316 g/mol. The Balaban J connectivity index is 2.34. The predicted molar refractivity (Wildman–Crippen MR) is 82.3 cm³/mol. The van der Waals surface area contributed by atoms with E-state index in [1.165, 1.54) is 21.7 Å². The van der Waals surface area contributed by atoms with Crippen molar-refractivity contribution >= 4 is 33.0 Å². The van der Waals surface area contributed by atoms with E-state index in [1.807, 2.05) is 17.5 Å². The maximum atomic E-state index is 12.6. The number of hydrogen-bond donors (Lipinski definition) is 1. The molecule has 4 nitrogen and oxygen atoms in total. The number of nitrogens with zero attached hydrogens (tertiary/aromatic N) is 1. The first-order valence-corrected chi connectivity index (χ1v) is 8.62. The van der Waals surface area contributed by atoms with Gasteiger partial charge in [-0.25, -0.2) is 8.42 Å². The molecule has 1 heterocycles. The van der Waals surface area contributed by atoms with Crippen LogP contribution in [0.3, 0.4) is 0 Å². The van der Waals surface area contributed by atoms with E-state index in [0.717, 1.165) is 10.4 Å². The summed E-state index contributed by atoms with van der Waals surface area (Å²) >= 11 is 7.53. The third-order valence-electron chi connectivity index (χ3n) is 2.88. The van der Waals surface area contributed by atoms with Gasteiger partial charge in [0.25, 0.3) is 0 Å². The molecule has 2 aromatic rings. The average molecular weight is 331 g/mol. The van der Waals surface area contributed by atoms with Crippen LogP contribution in [-0.4, -0.2) is 19.8 Å². The van der Waals surface area contributed by atoms with Crippen molar-refractivity contribution in [3.63, 3.8) is 0 Å². The Bertz CT molecular complexity index is 684. The SMILES string of the molecule is CN(Cc1cccs1)S(=O)(=O)c1cc(CN)ccc1Cl. The summed E-state index contributed by atoms with van der Waals surface area (Å²) in [6.07, 6.45) is 0. The van der Waals surface area contributed by atoms with Crippen molar-refractivity contribution in [1.82, 2.24) is 4.31 Å². The molecule has 0 aliphatic heterocycles. The Morgan fingerprint density at radius 1 is 1.35 bits per heavy atom. The molecule has 0 spiro atoms. The second-order valence-electron chi connectivity index (χ2n) is 4.31. The Labute approximate surface area is 127 Å². The van der Waals surface area contributed by atoms with Crippen LogP contribution in [0.15, 0.2) is 40.6 Å². The van der Waals surface area contributed by atoms with Gasteiger partial charge in [0.1, 0.15) is 4.90 Å². The van der Waals surface area contributed by atoms with Crippen LogP contribution < -0.4 is 5.73 Å². The quantitative estimate of drug-likeness (QED) is 0.916. The molecule has 7 heteroatoms. The van der Waals surface area contributed by atoms with E-state index in [1.54, 1.807) is 19.2 Å². The normalized spacial score (nSPS) is 12.0. The molecule has 0 saturated carbocycles. The number of sulfonamides is 1. The highest BCUT2D eigenvalue weighted by atomic mass is 35.5. The fourth-order valence-electron chi connectivity index (χ4n) is 1.75. The molecule has 0 radical (unpaired) electrons. The van der Waals surface area contributed by atoms with Crippen LogP contribution in [0, 0.1) is 0 Å². The zero-order valence-corrected chi connectivity index (χ0v) is 13.3. The Morgan fingerprint density at radius 2 is 2.10 bits per heavy atom. The molecular formula is C13H15ClN2O2S2. The molecule has 20 heavy (non-hydrogen) atoms. The van der Waals surface area contributed by atoms with E-state index in [9.17, 15) is 8.42 Å². The van der Waals surface area contributed by atoms with Crippen LogP contribution >= 0.6 is 22.9 Å². The second-order valence-corrected chi connectivity index (χ2v) is 7.76. The number of halogens is 1. The van der Waals surface area contributed by atoms with E-state index < -0.39 is 10.0 Å². The molecule has 0 fully saturated rings. The van der Waals surface area contributed by atoms with E-state index in [2.05, 4.69) is 0 Å². The molecule has 1 aromatic heterocycles. The summed E-state index contributed by atoms with van der Waals surface area (Å²) in [4.78, 5) is 1.07. The lowest BCUT2D eigenvalue weighted by Crippen LogP contribution is -2.26. The van der Waals surface area contributed by atoms with Gasteiger partial charge in [-0.1, -0.05) is 23.7 Å². The molecule has 2 rings (SSSR count). The highest BCUT2D eigenvalue weighted by molar-refractivity contribution is 7.89. The second kappa shape index (κ2) is 6.24. The third-order valence-corrected chi connectivity index (χ3v) is 6.02. The summed E-state index contributed by atoms with van der Waals surface area (Å²) in [6, 6.07) is 8.61. The average Bonchev–Trinajstić information content (AvgIpc) is 2.92. The fraction of sp³-hybridized carbons (Fsp3) is 0.231. The largest absolute Gasteiger partial charge is 0.326 e. The predicted octanol–water partition coefficient (Wildman–Crippen LogP) is 2.68. The maximum absolute atomic E-state index is 12.6. The van der Waals surface area contributed by atoms with Crippen LogP contribution in [0.5, 0.6) is 0 Å². The first kappa shape index (κ1) is 15.5. The van der Waals surface area contributed by atoms with E-state index in [0.29, 0.717) is 6.54 Å². The molecule has 0 amide bonds. The maximum Gasteiger partial charge on any atom is 0.244 e. The molecule has 0 bridgehead atoms. The summed E-state index contributed by atoms with van der Waals surface area (Å²) < 4.78 is 26.4. The van der Waals surface area contributed by atoms with Crippen molar-refractivity contribution in [1.29, 1.82) is 0 Å². The van der Waals surface area contributed by atoms with Crippen molar-refractivity contribution in [3.05, 3.63) is 51.2 Å². The minimum absolute atomic E-state index is 0.0983. The highest BCUT2D eigenvalue weighted by Crippen LogP contribution is 2.26. The Morgan fingerprint density at radius 3 is 2.70 bits per heavy atom. The topological polar surface area (TPSA) is 63.4 Å². The summed E-state index contributed by atoms with van der Waals surface area (Å²) in [7, 11) is -2.08. The molecule has 0 aliphatic carbocycles. The molecule has 0 atom stereocenters. The zero-order valence-electron chi connectivity index (χ0n) is 10.9. The standard InChI is InChI=1S/C13H15ClN2O2S2/c1-16(9-11-3-2-6-19-11)20(17,18)13-7-10(8-15)4-5-12(13)14/h2-7H,8-9,15H2,1H3. The minimum Gasteiger partial charge on any atom is -0.326 e. The number of rotatable bonds is 5. The molecule has 2 N–H and O–H groups in total.